The van der Waals surface area contributed by atoms with E-state index >= 15 is 0 Å². The Kier molecular flexibility index (Phi) is 5.63. The molecule has 4 rings (SSSR count). The van der Waals surface area contributed by atoms with Gasteiger partial charge in [0.1, 0.15) is 23.4 Å². The van der Waals surface area contributed by atoms with E-state index in [-0.39, 0.29) is 11.3 Å². The summed E-state index contributed by atoms with van der Waals surface area (Å²) in [6.07, 6.45) is 2.45. The number of hydrogen-bond acceptors (Lipinski definition) is 6. The Morgan fingerprint density at radius 2 is 1.93 bits per heavy atom. The van der Waals surface area contributed by atoms with Gasteiger partial charge >= 0.3 is 5.91 Å². The van der Waals surface area contributed by atoms with E-state index in [1.54, 1.807) is 48.7 Å². The second-order valence-electron chi connectivity index (χ2n) is 6.75. The highest BCUT2D eigenvalue weighted by atomic mass is 32.1. The lowest BCUT2D eigenvalue weighted by atomic mass is 10.00. The molecule has 1 atom stereocenters. The van der Waals surface area contributed by atoms with E-state index in [1.165, 1.54) is 16.2 Å². The van der Waals surface area contributed by atoms with Crippen LogP contribution in [0.1, 0.15) is 29.8 Å². The molecular weight excluding hydrogens is 400 g/mol. The van der Waals surface area contributed by atoms with E-state index in [1.807, 2.05) is 24.4 Å². The maximum Gasteiger partial charge on any atom is 0.301 e. The lowest BCUT2D eigenvalue weighted by molar-refractivity contribution is -0.132. The quantitative estimate of drug-likeness (QED) is 0.359. The van der Waals surface area contributed by atoms with Crippen molar-refractivity contribution in [2.75, 3.05) is 11.5 Å². The highest BCUT2D eigenvalue weighted by molar-refractivity contribution is 7.10. The molecule has 30 heavy (non-hydrogen) atoms. The van der Waals surface area contributed by atoms with Crippen molar-refractivity contribution < 1.29 is 19.4 Å². The highest BCUT2D eigenvalue weighted by Gasteiger charge is 2.47. The number of anilines is 1. The van der Waals surface area contributed by atoms with E-state index in [4.69, 9.17) is 4.74 Å². The number of aromatic nitrogens is 1. The molecule has 1 aliphatic rings. The minimum absolute atomic E-state index is 0.0512. The average molecular weight is 420 g/mol. The van der Waals surface area contributed by atoms with E-state index in [9.17, 15) is 14.7 Å². The van der Waals surface area contributed by atoms with Crippen LogP contribution in [0, 0.1) is 0 Å². The van der Waals surface area contributed by atoms with Gasteiger partial charge in [-0.2, -0.15) is 0 Å². The Morgan fingerprint density at radius 3 is 2.57 bits per heavy atom. The smallest absolute Gasteiger partial charge is 0.301 e. The topological polar surface area (TPSA) is 79.7 Å². The number of rotatable bonds is 6. The molecule has 1 saturated heterocycles. The summed E-state index contributed by atoms with van der Waals surface area (Å²) in [5.74, 6) is -0.621. The summed E-state index contributed by atoms with van der Waals surface area (Å²) in [6, 6.07) is 14.9. The second-order valence-corrected chi connectivity index (χ2v) is 7.72. The van der Waals surface area contributed by atoms with Crippen LogP contribution in [0.2, 0.25) is 0 Å². The van der Waals surface area contributed by atoms with Gasteiger partial charge in [-0.15, -0.1) is 11.3 Å². The standard InChI is InChI=1S/C23H20N2O4S/c1-2-13-29-16-10-8-15(9-11-16)21(26)19-20(17-6-5-14-30-17)25(23(28)22(19)27)18-7-3-4-12-24-18/h3-12,14,20,26H,2,13H2,1H3/t20-/m1/s1. The van der Waals surface area contributed by atoms with Crippen LogP contribution in [0.3, 0.4) is 0 Å². The second kappa shape index (κ2) is 8.51. The van der Waals surface area contributed by atoms with Crippen molar-refractivity contribution in [2.45, 2.75) is 19.4 Å². The van der Waals surface area contributed by atoms with E-state index in [2.05, 4.69) is 4.98 Å². The van der Waals surface area contributed by atoms with Gasteiger partial charge in [0.15, 0.2) is 0 Å². The summed E-state index contributed by atoms with van der Waals surface area (Å²) in [5, 5.41) is 12.9. The number of carbonyl (C=O) groups is 2. The maximum absolute atomic E-state index is 13.0. The molecule has 0 spiro atoms. The molecular formula is C23H20N2O4S. The van der Waals surface area contributed by atoms with Crippen LogP contribution in [-0.2, 0) is 9.59 Å². The first-order valence-corrected chi connectivity index (χ1v) is 10.5. The number of aliphatic hydroxyl groups excluding tert-OH is 1. The van der Waals surface area contributed by atoms with Gasteiger partial charge in [0.25, 0.3) is 5.78 Å². The van der Waals surface area contributed by atoms with Crippen molar-refractivity contribution in [1.29, 1.82) is 0 Å². The summed E-state index contributed by atoms with van der Waals surface area (Å²) in [4.78, 5) is 32.2. The monoisotopic (exact) mass is 420 g/mol. The Balaban J connectivity index is 1.80. The fourth-order valence-corrected chi connectivity index (χ4v) is 4.19. The maximum atomic E-state index is 13.0. The van der Waals surface area contributed by atoms with Crippen LogP contribution in [0.5, 0.6) is 5.75 Å². The molecule has 6 nitrogen and oxygen atoms in total. The number of nitrogens with zero attached hydrogens (tertiary/aromatic N) is 2. The number of thiophene rings is 1. The Bertz CT molecular complexity index is 1080. The zero-order valence-corrected chi connectivity index (χ0v) is 17.1. The minimum atomic E-state index is -0.740. The molecule has 0 radical (unpaired) electrons. The first-order chi connectivity index (χ1) is 14.6. The molecule has 0 saturated carbocycles. The number of amides is 1. The van der Waals surface area contributed by atoms with Gasteiger partial charge in [-0.25, -0.2) is 4.98 Å². The SMILES string of the molecule is CCCOc1ccc(C(O)=C2C(=O)C(=O)N(c3ccccn3)[C@@H]2c2cccs2)cc1. The molecule has 1 N–H and O–H groups in total. The summed E-state index contributed by atoms with van der Waals surface area (Å²) >= 11 is 1.41. The number of benzene rings is 1. The minimum Gasteiger partial charge on any atom is -0.507 e. The Hall–Kier alpha value is -3.45. The largest absolute Gasteiger partial charge is 0.507 e. The van der Waals surface area contributed by atoms with Gasteiger partial charge in [-0.1, -0.05) is 19.1 Å². The van der Waals surface area contributed by atoms with Gasteiger partial charge < -0.3 is 9.84 Å². The molecule has 1 fully saturated rings. The molecule has 2 aromatic heterocycles. The zero-order valence-electron chi connectivity index (χ0n) is 16.3. The van der Waals surface area contributed by atoms with Crippen molar-refractivity contribution in [1.82, 2.24) is 4.98 Å². The number of hydrogen-bond donors (Lipinski definition) is 1. The predicted octanol–water partition coefficient (Wildman–Crippen LogP) is 4.56. The summed E-state index contributed by atoms with van der Waals surface area (Å²) < 4.78 is 5.57. The number of ether oxygens (including phenoxy) is 1. The lowest BCUT2D eigenvalue weighted by Crippen LogP contribution is -2.29. The molecule has 152 valence electrons. The molecule has 1 aliphatic heterocycles. The van der Waals surface area contributed by atoms with Crippen molar-refractivity contribution in [3.63, 3.8) is 0 Å². The first-order valence-electron chi connectivity index (χ1n) is 9.60. The summed E-state index contributed by atoms with van der Waals surface area (Å²) in [7, 11) is 0. The van der Waals surface area contributed by atoms with Crippen molar-refractivity contribution in [2.24, 2.45) is 0 Å². The third kappa shape index (κ3) is 3.59. The van der Waals surface area contributed by atoms with E-state index in [0.29, 0.717) is 23.7 Å². The fourth-order valence-electron chi connectivity index (χ4n) is 3.37. The molecule has 0 bridgehead atoms. The van der Waals surface area contributed by atoms with Gasteiger partial charge in [-0.05, 0) is 54.3 Å². The molecule has 7 heteroatoms. The highest BCUT2D eigenvalue weighted by Crippen LogP contribution is 2.42. The molecule has 0 aliphatic carbocycles. The average Bonchev–Trinajstić information content (AvgIpc) is 3.40. The van der Waals surface area contributed by atoms with Crippen LogP contribution in [0.4, 0.5) is 5.82 Å². The van der Waals surface area contributed by atoms with Gasteiger partial charge in [0.05, 0.1) is 12.2 Å². The summed E-state index contributed by atoms with van der Waals surface area (Å²) in [5.41, 5.74) is 0.495. The summed E-state index contributed by atoms with van der Waals surface area (Å²) in [6.45, 7) is 2.62. The number of pyridine rings is 1. The zero-order chi connectivity index (χ0) is 21.1. The number of Topliss-reactive ketones (excluding diaryl/α,β-unsaturated/α-hetero) is 1. The predicted molar refractivity (Wildman–Crippen MR) is 116 cm³/mol. The van der Waals surface area contributed by atoms with E-state index in [0.717, 1.165) is 11.3 Å². The molecule has 3 heterocycles. The van der Waals surface area contributed by atoms with Crippen LogP contribution in [-0.4, -0.2) is 28.4 Å². The van der Waals surface area contributed by atoms with Crippen molar-refractivity contribution >= 4 is 34.6 Å². The van der Waals surface area contributed by atoms with Crippen LogP contribution >= 0.6 is 11.3 Å². The molecule has 1 aromatic carbocycles. The third-order valence-electron chi connectivity index (χ3n) is 4.75. The van der Waals surface area contributed by atoms with Crippen LogP contribution in [0.15, 0.2) is 71.7 Å². The first kappa shape index (κ1) is 19.8. The van der Waals surface area contributed by atoms with Gasteiger partial charge in [-0.3, -0.25) is 14.5 Å². The van der Waals surface area contributed by atoms with Crippen LogP contribution in [0.25, 0.3) is 5.76 Å². The molecule has 1 amide bonds. The van der Waals surface area contributed by atoms with Crippen molar-refractivity contribution in [3.05, 3.63) is 82.2 Å². The normalized spacial score (nSPS) is 18.0. The lowest BCUT2D eigenvalue weighted by Gasteiger charge is -2.23. The number of ketones is 1. The van der Waals surface area contributed by atoms with Crippen LogP contribution < -0.4 is 9.64 Å². The van der Waals surface area contributed by atoms with Gasteiger partial charge in [0, 0.05) is 16.6 Å². The Labute approximate surface area is 178 Å². The molecule has 0 unspecified atom stereocenters. The Morgan fingerprint density at radius 1 is 1.13 bits per heavy atom. The molecule has 3 aromatic rings. The number of carbonyl (C=O) groups excluding carboxylic acids is 2. The number of aliphatic hydroxyl groups is 1. The fraction of sp³-hybridized carbons (Fsp3) is 0.174. The van der Waals surface area contributed by atoms with Gasteiger partial charge in [0.2, 0.25) is 0 Å². The van der Waals surface area contributed by atoms with E-state index < -0.39 is 17.7 Å². The third-order valence-corrected chi connectivity index (χ3v) is 5.68. The van der Waals surface area contributed by atoms with Crippen molar-refractivity contribution in [3.8, 4) is 5.75 Å².